The van der Waals surface area contributed by atoms with Crippen LogP contribution in [0.5, 0.6) is 5.75 Å². The van der Waals surface area contributed by atoms with E-state index in [0.717, 1.165) is 28.9 Å². The molecule has 0 saturated carbocycles. The summed E-state index contributed by atoms with van der Waals surface area (Å²) < 4.78 is 5.22. The number of hydrogen-bond acceptors (Lipinski definition) is 4. The Balaban J connectivity index is 1.52. The molecule has 0 aliphatic carbocycles. The molecule has 3 aromatic rings. The van der Waals surface area contributed by atoms with Crippen molar-refractivity contribution in [1.82, 2.24) is 9.88 Å². The molecule has 1 saturated heterocycles. The molecule has 6 nitrogen and oxygen atoms in total. The molecule has 2 aromatic carbocycles. The fourth-order valence-electron chi connectivity index (χ4n) is 4.38. The highest BCUT2D eigenvalue weighted by Gasteiger charge is 2.42. The summed E-state index contributed by atoms with van der Waals surface area (Å²) in [5.74, 6) is 0.289. The summed E-state index contributed by atoms with van der Waals surface area (Å²) in [6, 6.07) is 21.3. The lowest BCUT2D eigenvalue weighted by atomic mass is 9.74. The molecule has 0 radical (unpaired) electrons. The Bertz CT molecular complexity index is 1080. The number of hydrogen-bond donors (Lipinski definition) is 1. The van der Waals surface area contributed by atoms with Crippen LogP contribution in [0, 0.1) is 5.41 Å². The summed E-state index contributed by atoms with van der Waals surface area (Å²) in [5, 5.41) is 0. The zero-order chi connectivity index (χ0) is 22.6. The van der Waals surface area contributed by atoms with Gasteiger partial charge in [-0.15, -0.1) is 0 Å². The molecule has 2 N–H and O–H groups in total. The number of nitrogens with zero attached hydrogens (tertiary/aromatic N) is 2. The van der Waals surface area contributed by atoms with E-state index < -0.39 is 5.41 Å². The second-order valence-electron chi connectivity index (χ2n) is 8.29. The quantitative estimate of drug-likeness (QED) is 0.647. The van der Waals surface area contributed by atoms with Crippen molar-refractivity contribution in [3.8, 4) is 16.9 Å². The number of benzene rings is 2. The first-order valence-corrected chi connectivity index (χ1v) is 10.7. The van der Waals surface area contributed by atoms with Gasteiger partial charge in [-0.3, -0.25) is 14.6 Å². The fourth-order valence-corrected chi connectivity index (χ4v) is 4.38. The Kier molecular flexibility index (Phi) is 6.21. The number of aromatic nitrogens is 1. The molecule has 4 rings (SSSR count). The maximum Gasteiger partial charge on any atom is 0.272 e. The van der Waals surface area contributed by atoms with Gasteiger partial charge in [-0.1, -0.05) is 42.5 Å². The number of pyridine rings is 1. The number of piperidine rings is 1. The van der Waals surface area contributed by atoms with Crippen LogP contribution in [0.2, 0.25) is 0 Å². The highest BCUT2D eigenvalue weighted by atomic mass is 16.5. The van der Waals surface area contributed by atoms with E-state index in [2.05, 4.69) is 4.98 Å². The summed E-state index contributed by atoms with van der Waals surface area (Å²) >= 11 is 0. The van der Waals surface area contributed by atoms with E-state index in [0.29, 0.717) is 31.6 Å². The third-order valence-corrected chi connectivity index (χ3v) is 6.19. The predicted molar refractivity (Wildman–Crippen MR) is 123 cm³/mol. The lowest BCUT2D eigenvalue weighted by molar-refractivity contribution is -0.130. The largest absolute Gasteiger partial charge is 0.497 e. The van der Waals surface area contributed by atoms with Crippen molar-refractivity contribution in [1.29, 1.82) is 0 Å². The van der Waals surface area contributed by atoms with E-state index in [1.807, 2.05) is 48.5 Å². The number of likely N-dealkylation sites (tertiary alicyclic amines) is 1. The monoisotopic (exact) mass is 429 g/mol. The minimum Gasteiger partial charge on any atom is -0.497 e. The summed E-state index contributed by atoms with van der Waals surface area (Å²) in [6.07, 6.45) is 3.49. The van der Waals surface area contributed by atoms with Gasteiger partial charge in [0.05, 0.1) is 12.5 Å². The number of amides is 2. The van der Waals surface area contributed by atoms with Crippen molar-refractivity contribution in [2.45, 2.75) is 19.3 Å². The highest BCUT2D eigenvalue weighted by molar-refractivity contribution is 5.93. The van der Waals surface area contributed by atoms with Gasteiger partial charge in [0.2, 0.25) is 5.91 Å². The molecule has 1 fully saturated rings. The third-order valence-electron chi connectivity index (χ3n) is 6.19. The van der Waals surface area contributed by atoms with Crippen molar-refractivity contribution in [2.24, 2.45) is 11.1 Å². The number of carbonyl (C=O) groups excluding carboxylic acids is 2. The lowest BCUT2D eigenvalue weighted by Gasteiger charge is -2.40. The molecular formula is C26H27N3O3. The topological polar surface area (TPSA) is 85.5 Å². The van der Waals surface area contributed by atoms with Gasteiger partial charge in [-0.2, -0.15) is 0 Å². The molecule has 32 heavy (non-hydrogen) atoms. The van der Waals surface area contributed by atoms with Gasteiger partial charge in [0.1, 0.15) is 11.4 Å². The van der Waals surface area contributed by atoms with Gasteiger partial charge >= 0.3 is 0 Å². The van der Waals surface area contributed by atoms with Crippen LogP contribution in [-0.2, 0) is 11.2 Å². The van der Waals surface area contributed by atoms with Crippen molar-refractivity contribution in [2.75, 3.05) is 20.2 Å². The molecule has 1 aliphatic rings. The Labute approximate surface area is 188 Å². The molecule has 0 bridgehead atoms. The number of ether oxygens (including phenoxy) is 1. The van der Waals surface area contributed by atoms with Crippen molar-refractivity contribution in [3.63, 3.8) is 0 Å². The van der Waals surface area contributed by atoms with Crippen LogP contribution in [0.1, 0.15) is 28.9 Å². The maximum atomic E-state index is 12.9. The zero-order valence-corrected chi connectivity index (χ0v) is 18.2. The number of primary amides is 1. The van der Waals surface area contributed by atoms with Crippen molar-refractivity contribution >= 4 is 11.8 Å². The first-order valence-electron chi connectivity index (χ1n) is 10.7. The Hall–Kier alpha value is -3.67. The van der Waals surface area contributed by atoms with Crippen LogP contribution in [0.15, 0.2) is 72.9 Å². The second kappa shape index (κ2) is 9.22. The predicted octanol–water partition coefficient (Wildman–Crippen LogP) is 3.71. The van der Waals surface area contributed by atoms with Crippen LogP contribution < -0.4 is 10.5 Å². The molecule has 0 spiro atoms. The fraction of sp³-hybridized carbons (Fsp3) is 0.269. The third kappa shape index (κ3) is 4.49. The minimum absolute atomic E-state index is 0.161. The van der Waals surface area contributed by atoms with E-state index in [9.17, 15) is 9.59 Å². The highest BCUT2D eigenvalue weighted by Crippen LogP contribution is 2.35. The van der Waals surface area contributed by atoms with Crippen LogP contribution in [0.4, 0.5) is 0 Å². The number of methoxy groups -OCH3 is 1. The van der Waals surface area contributed by atoms with Gasteiger partial charge in [-0.05, 0) is 60.2 Å². The second-order valence-corrected chi connectivity index (χ2v) is 8.29. The van der Waals surface area contributed by atoms with Gasteiger partial charge in [-0.25, -0.2) is 0 Å². The summed E-state index contributed by atoms with van der Waals surface area (Å²) in [5.41, 5.74) is 8.69. The molecule has 1 aliphatic heterocycles. The Morgan fingerprint density at radius 3 is 2.31 bits per heavy atom. The number of nitrogens with two attached hydrogens (primary N) is 1. The molecule has 6 heteroatoms. The van der Waals surface area contributed by atoms with E-state index in [-0.39, 0.29) is 11.8 Å². The van der Waals surface area contributed by atoms with E-state index in [4.69, 9.17) is 10.5 Å². The SMILES string of the molecule is COc1ccc(-c2ccc(C[C@@]3(C(N)=O)CCCN(C(=O)c4ccccn4)C3)cc2)cc1. The van der Waals surface area contributed by atoms with Gasteiger partial charge in [0.25, 0.3) is 5.91 Å². The summed E-state index contributed by atoms with van der Waals surface area (Å²) in [4.78, 5) is 31.4. The van der Waals surface area contributed by atoms with Crippen LogP contribution in [0.3, 0.4) is 0 Å². The molecule has 0 unspecified atom stereocenters. The standard InChI is InChI=1S/C26H27N3O3/c1-32-22-12-10-21(11-13-22)20-8-6-19(7-9-20)17-26(25(27)31)14-4-16-29(18-26)24(30)23-5-2-3-15-28-23/h2-3,5-13,15H,4,14,16-18H2,1H3,(H2,27,31)/t26-/m0/s1. The molecular weight excluding hydrogens is 402 g/mol. The van der Waals surface area contributed by atoms with E-state index in [1.54, 1.807) is 36.4 Å². The number of carbonyl (C=O) groups is 2. The Morgan fingerprint density at radius 2 is 1.72 bits per heavy atom. The first kappa shape index (κ1) is 21.6. The molecule has 164 valence electrons. The van der Waals surface area contributed by atoms with Crippen LogP contribution in [0.25, 0.3) is 11.1 Å². The smallest absolute Gasteiger partial charge is 0.272 e. The van der Waals surface area contributed by atoms with E-state index >= 15 is 0 Å². The van der Waals surface area contributed by atoms with Crippen LogP contribution in [-0.4, -0.2) is 41.9 Å². The number of rotatable bonds is 6. The minimum atomic E-state index is -0.787. The average Bonchev–Trinajstić information content (AvgIpc) is 2.85. The van der Waals surface area contributed by atoms with Crippen LogP contribution >= 0.6 is 0 Å². The maximum absolute atomic E-state index is 12.9. The van der Waals surface area contributed by atoms with Gasteiger partial charge in [0, 0.05) is 19.3 Å². The Morgan fingerprint density at radius 1 is 1.03 bits per heavy atom. The average molecular weight is 430 g/mol. The van der Waals surface area contributed by atoms with E-state index in [1.165, 1.54) is 0 Å². The van der Waals surface area contributed by atoms with Gasteiger partial charge < -0.3 is 15.4 Å². The summed E-state index contributed by atoms with van der Waals surface area (Å²) in [6.45, 7) is 0.902. The lowest BCUT2D eigenvalue weighted by Crippen LogP contribution is -2.53. The molecule has 2 amide bonds. The van der Waals surface area contributed by atoms with Gasteiger partial charge in [0.15, 0.2) is 0 Å². The van der Waals surface area contributed by atoms with Crippen molar-refractivity contribution in [3.05, 3.63) is 84.2 Å². The zero-order valence-electron chi connectivity index (χ0n) is 18.2. The summed E-state index contributed by atoms with van der Waals surface area (Å²) in [7, 11) is 1.65. The first-order chi connectivity index (χ1) is 15.5. The molecule has 2 heterocycles. The normalized spacial score (nSPS) is 18.2. The van der Waals surface area contributed by atoms with Crippen molar-refractivity contribution < 1.29 is 14.3 Å². The molecule has 1 atom stereocenters. The molecule has 1 aromatic heterocycles.